The molecule has 80 valence electrons. The first-order valence-corrected chi connectivity index (χ1v) is 5.30. The van der Waals surface area contributed by atoms with Crippen molar-refractivity contribution in [3.05, 3.63) is 0 Å². The molecular formula is C11H24O2. The van der Waals surface area contributed by atoms with Crippen molar-refractivity contribution in [1.82, 2.24) is 0 Å². The highest BCUT2D eigenvalue weighted by molar-refractivity contribution is 4.79. The van der Waals surface area contributed by atoms with Crippen molar-refractivity contribution >= 4 is 0 Å². The van der Waals surface area contributed by atoms with Crippen LogP contribution in [-0.4, -0.2) is 21.9 Å². The predicted octanol–water partition coefficient (Wildman–Crippen LogP) is 2.33. The first-order chi connectivity index (χ1) is 5.90. The average molecular weight is 188 g/mol. The molecule has 0 amide bonds. The summed E-state index contributed by atoms with van der Waals surface area (Å²) in [7, 11) is 0. The molecule has 0 rings (SSSR count). The first-order valence-electron chi connectivity index (χ1n) is 5.30. The van der Waals surface area contributed by atoms with Crippen molar-refractivity contribution in [2.45, 2.75) is 65.1 Å². The monoisotopic (exact) mass is 188 g/mol. The molecule has 0 spiro atoms. The van der Waals surface area contributed by atoms with Gasteiger partial charge in [-0.15, -0.1) is 0 Å². The smallest absolute Gasteiger partial charge is 0.0874 e. The molecule has 0 aromatic carbocycles. The van der Waals surface area contributed by atoms with E-state index >= 15 is 0 Å². The predicted molar refractivity (Wildman–Crippen MR) is 55.6 cm³/mol. The Hall–Kier alpha value is -0.0800. The van der Waals surface area contributed by atoms with E-state index in [0.29, 0.717) is 18.8 Å². The topological polar surface area (TPSA) is 40.5 Å². The number of aliphatic hydroxyl groups excluding tert-OH is 1. The minimum absolute atomic E-state index is 0.573. The summed E-state index contributed by atoms with van der Waals surface area (Å²) in [6, 6.07) is 0. The standard InChI is InChI=1S/C11H24O2/c1-5-11(4,13)10(12)8-6-7-9(2)3/h9-10,12-13H,5-8H2,1-4H3. The third-order valence-electron chi connectivity index (χ3n) is 2.69. The fourth-order valence-electron chi connectivity index (χ4n) is 1.27. The molecule has 0 aliphatic rings. The average Bonchev–Trinajstić information content (AvgIpc) is 2.03. The molecule has 0 saturated heterocycles. The van der Waals surface area contributed by atoms with E-state index in [1.54, 1.807) is 6.92 Å². The number of rotatable bonds is 6. The summed E-state index contributed by atoms with van der Waals surface area (Å²) in [5.74, 6) is 0.679. The number of hydrogen-bond acceptors (Lipinski definition) is 2. The van der Waals surface area contributed by atoms with Crippen LogP contribution >= 0.6 is 0 Å². The summed E-state index contributed by atoms with van der Waals surface area (Å²) >= 11 is 0. The summed E-state index contributed by atoms with van der Waals surface area (Å²) in [4.78, 5) is 0. The van der Waals surface area contributed by atoms with Gasteiger partial charge in [0.05, 0.1) is 11.7 Å². The maximum atomic E-state index is 9.71. The normalized spacial score (nSPS) is 18.7. The van der Waals surface area contributed by atoms with Crippen LogP contribution in [0.15, 0.2) is 0 Å². The van der Waals surface area contributed by atoms with Gasteiger partial charge in [0.1, 0.15) is 0 Å². The number of hydrogen-bond donors (Lipinski definition) is 2. The van der Waals surface area contributed by atoms with Crippen LogP contribution in [0, 0.1) is 5.92 Å². The minimum atomic E-state index is -0.906. The van der Waals surface area contributed by atoms with Gasteiger partial charge in [-0.05, 0) is 25.7 Å². The van der Waals surface area contributed by atoms with E-state index < -0.39 is 11.7 Å². The highest BCUT2D eigenvalue weighted by atomic mass is 16.3. The Kier molecular flexibility index (Phi) is 5.57. The maximum absolute atomic E-state index is 9.71. The molecule has 0 heterocycles. The fourth-order valence-corrected chi connectivity index (χ4v) is 1.27. The van der Waals surface area contributed by atoms with Gasteiger partial charge in [0, 0.05) is 0 Å². The van der Waals surface area contributed by atoms with E-state index in [1.807, 2.05) is 6.92 Å². The molecular weight excluding hydrogens is 164 g/mol. The largest absolute Gasteiger partial charge is 0.390 e. The molecule has 2 unspecified atom stereocenters. The zero-order chi connectivity index (χ0) is 10.5. The Morgan fingerprint density at radius 2 is 1.77 bits per heavy atom. The lowest BCUT2D eigenvalue weighted by Gasteiger charge is -2.27. The Balaban J connectivity index is 3.68. The molecule has 0 aromatic heterocycles. The maximum Gasteiger partial charge on any atom is 0.0874 e. The lowest BCUT2D eigenvalue weighted by atomic mass is 9.91. The van der Waals surface area contributed by atoms with Crippen molar-refractivity contribution in [2.24, 2.45) is 5.92 Å². The van der Waals surface area contributed by atoms with Gasteiger partial charge in [-0.2, -0.15) is 0 Å². The summed E-state index contributed by atoms with van der Waals surface area (Å²) in [5.41, 5.74) is -0.906. The summed E-state index contributed by atoms with van der Waals surface area (Å²) in [6.45, 7) is 7.94. The second-order valence-electron chi connectivity index (χ2n) is 4.55. The Bertz CT molecular complexity index is 130. The van der Waals surface area contributed by atoms with Crippen molar-refractivity contribution in [1.29, 1.82) is 0 Å². The Morgan fingerprint density at radius 1 is 1.23 bits per heavy atom. The van der Waals surface area contributed by atoms with Crippen molar-refractivity contribution < 1.29 is 10.2 Å². The van der Waals surface area contributed by atoms with Crippen LogP contribution in [0.5, 0.6) is 0 Å². The van der Waals surface area contributed by atoms with Crippen LogP contribution in [-0.2, 0) is 0 Å². The Morgan fingerprint density at radius 3 is 2.15 bits per heavy atom. The summed E-state index contributed by atoms with van der Waals surface area (Å²) in [6.07, 6.45) is 2.86. The lowest BCUT2D eigenvalue weighted by molar-refractivity contribution is -0.0680. The second kappa shape index (κ2) is 5.61. The van der Waals surface area contributed by atoms with Gasteiger partial charge in [0.2, 0.25) is 0 Å². The van der Waals surface area contributed by atoms with Crippen LogP contribution in [0.25, 0.3) is 0 Å². The van der Waals surface area contributed by atoms with Crippen molar-refractivity contribution in [2.75, 3.05) is 0 Å². The van der Waals surface area contributed by atoms with Gasteiger partial charge >= 0.3 is 0 Å². The van der Waals surface area contributed by atoms with Gasteiger partial charge in [0.15, 0.2) is 0 Å². The van der Waals surface area contributed by atoms with E-state index in [1.165, 1.54) is 0 Å². The highest BCUT2D eigenvalue weighted by Crippen LogP contribution is 2.19. The van der Waals surface area contributed by atoms with E-state index in [-0.39, 0.29) is 0 Å². The van der Waals surface area contributed by atoms with E-state index in [2.05, 4.69) is 13.8 Å². The fraction of sp³-hybridized carbons (Fsp3) is 1.00. The van der Waals surface area contributed by atoms with Gasteiger partial charge in [0.25, 0.3) is 0 Å². The molecule has 0 aromatic rings. The molecule has 0 fully saturated rings. The van der Waals surface area contributed by atoms with Crippen LogP contribution in [0.1, 0.15) is 53.4 Å². The zero-order valence-corrected chi connectivity index (χ0v) is 9.38. The summed E-state index contributed by atoms with van der Waals surface area (Å²) in [5, 5.41) is 19.3. The quantitative estimate of drug-likeness (QED) is 0.671. The Labute approximate surface area is 82.0 Å². The van der Waals surface area contributed by atoms with E-state index in [4.69, 9.17) is 0 Å². The first kappa shape index (κ1) is 12.9. The minimum Gasteiger partial charge on any atom is -0.390 e. The van der Waals surface area contributed by atoms with Gasteiger partial charge in [-0.3, -0.25) is 0 Å². The van der Waals surface area contributed by atoms with Gasteiger partial charge in [-0.1, -0.05) is 33.6 Å². The molecule has 2 N–H and O–H groups in total. The van der Waals surface area contributed by atoms with Gasteiger partial charge in [-0.25, -0.2) is 0 Å². The second-order valence-corrected chi connectivity index (χ2v) is 4.55. The molecule has 0 bridgehead atoms. The lowest BCUT2D eigenvalue weighted by Crippen LogP contribution is -2.38. The van der Waals surface area contributed by atoms with Crippen LogP contribution < -0.4 is 0 Å². The molecule has 0 aliphatic carbocycles. The third-order valence-corrected chi connectivity index (χ3v) is 2.69. The van der Waals surface area contributed by atoms with Crippen LogP contribution in [0.2, 0.25) is 0 Å². The van der Waals surface area contributed by atoms with Crippen molar-refractivity contribution in [3.8, 4) is 0 Å². The van der Waals surface area contributed by atoms with E-state index in [0.717, 1.165) is 12.8 Å². The molecule has 2 heteroatoms. The SMILES string of the molecule is CCC(C)(O)C(O)CCCC(C)C. The van der Waals surface area contributed by atoms with Crippen molar-refractivity contribution in [3.63, 3.8) is 0 Å². The molecule has 0 saturated carbocycles. The zero-order valence-electron chi connectivity index (χ0n) is 9.38. The molecule has 0 aliphatic heterocycles. The molecule has 2 nitrogen and oxygen atoms in total. The van der Waals surface area contributed by atoms with Gasteiger partial charge < -0.3 is 10.2 Å². The molecule has 0 radical (unpaired) electrons. The summed E-state index contributed by atoms with van der Waals surface area (Å²) < 4.78 is 0. The van der Waals surface area contributed by atoms with Crippen LogP contribution in [0.4, 0.5) is 0 Å². The molecule has 13 heavy (non-hydrogen) atoms. The number of aliphatic hydroxyl groups is 2. The highest BCUT2D eigenvalue weighted by Gasteiger charge is 2.27. The third kappa shape index (κ3) is 5.27. The molecule has 2 atom stereocenters. The van der Waals surface area contributed by atoms with Crippen LogP contribution in [0.3, 0.4) is 0 Å². The van der Waals surface area contributed by atoms with E-state index in [9.17, 15) is 10.2 Å².